The van der Waals surface area contributed by atoms with Crippen molar-refractivity contribution in [1.29, 1.82) is 0 Å². The van der Waals surface area contributed by atoms with Crippen LogP contribution in [0.3, 0.4) is 0 Å². The minimum atomic E-state index is -1.05. The van der Waals surface area contributed by atoms with Gasteiger partial charge in [0.2, 0.25) is 0 Å². The van der Waals surface area contributed by atoms with E-state index < -0.39 is 35.4 Å². The number of rotatable bonds is 12. The Kier molecular flexibility index (Phi) is 15.1. The molecule has 0 spiro atoms. The Morgan fingerprint density at radius 3 is 1.12 bits per heavy atom. The third kappa shape index (κ3) is 17.1. The summed E-state index contributed by atoms with van der Waals surface area (Å²) in [4.78, 5) is 44.3. The van der Waals surface area contributed by atoms with Crippen molar-refractivity contribution in [3.8, 4) is 0 Å². The molecule has 0 rings (SSSR count). The van der Waals surface area contributed by atoms with Crippen LogP contribution in [0.5, 0.6) is 0 Å². The van der Waals surface area contributed by atoms with Crippen molar-refractivity contribution in [3.05, 3.63) is 48.6 Å². The lowest BCUT2D eigenvalue weighted by molar-refractivity contribution is -0.149. The lowest BCUT2D eigenvalue weighted by atomic mass is 9.96. The lowest BCUT2D eigenvalue weighted by Crippen LogP contribution is -2.28. The van der Waals surface area contributed by atoms with Crippen molar-refractivity contribution in [1.82, 2.24) is 0 Å². The van der Waals surface area contributed by atoms with Crippen molar-refractivity contribution in [3.63, 3.8) is 0 Å². The van der Waals surface area contributed by atoms with Crippen molar-refractivity contribution in [2.75, 3.05) is 26.4 Å². The summed E-state index contributed by atoms with van der Waals surface area (Å²) in [6, 6.07) is 0. The van der Waals surface area contributed by atoms with Crippen molar-refractivity contribution in [2.45, 2.75) is 47.6 Å². The van der Waals surface area contributed by atoms with E-state index in [1.807, 2.05) is 13.8 Å². The fourth-order valence-electron chi connectivity index (χ4n) is 1.45. The molecule has 0 fully saturated rings. The first-order valence-electron chi connectivity index (χ1n) is 9.98. The number of hydrogen-bond donors (Lipinski definition) is 1. The fraction of sp³-hybridized carbons (Fsp3) is 0.500. The SMILES string of the molecule is C=C(C)C(=O)OCC(C)(C)COC(=O)C(=C)C.C=C(C)C(=O)OCC(O)COC(=O)C(=C)C. The molecule has 0 aromatic heterocycles. The molecule has 1 N–H and O–H groups in total. The normalized spacial score (nSPS) is 10.2. The molecule has 0 saturated heterocycles. The molecule has 9 nitrogen and oxygen atoms in total. The van der Waals surface area contributed by atoms with Crippen LogP contribution in [0, 0.1) is 5.41 Å². The quantitative estimate of drug-likeness (QED) is 0.261. The largest absolute Gasteiger partial charge is 0.462 e. The zero-order valence-corrected chi connectivity index (χ0v) is 20.4. The maximum atomic E-state index is 11.2. The molecule has 0 aliphatic rings. The molecule has 0 heterocycles. The summed E-state index contributed by atoms with van der Waals surface area (Å²) in [5.74, 6) is -2.07. The van der Waals surface area contributed by atoms with Gasteiger partial charge < -0.3 is 24.1 Å². The van der Waals surface area contributed by atoms with Gasteiger partial charge >= 0.3 is 23.9 Å². The van der Waals surface area contributed by atoms with Crippen molar-refractivity contribution < 1.29 is 43.2 Å². The molecule has 0 amide bonds. The van der Waals surface area contributed by atoms with Crippen LogP contribution in [0.15, 0.2) is 48.6 Å². The number of aliphatic hydroxyl groups excluding tert-OH is 1. The van der Waals surface area contributed by atoms with Gasteiger partial charge in [-0.15, -0.1) is 0 Å². The van der Waals surface area contributed by atoms with Gasteiger partial charge in [-0.2, -0.15) is 0 Å². The van der Waals surface area contributed by atoms with E-state index in [4.69, 9.17) is 9.47 Å². The van der Waals surface area contributed by atoms with E-state index in [1.54, 1.807) is 13.8 Å². The Balaban J connectivity index is 0. The number of ether oxygens (including phenoxy) is 4. The molecule has 0 unspecified atom stereocenters. The molecule has 0 aliphatic heterocycles. The van der Waals surface area contributed by atoms with E-state index >= 15 is 0 Å². The molecule has 186 valence electrons. The van der Waals surface area contributed by atoms with Crippen LogP contribution < -0.4 is 0 Å². The molecule has 0 aromatic rings. The third-order valence-electron chi connectivity index (χ3n) is 3.40. The van der Waals surface area contributed by atoms with Gasteiger partial charge in [-0.25, -0.2) is 19.2 Å². The molecule has 0 aromatic carbocycles. The summed E-state index contributed by atoms with van der Waals surface area (Å²) in [6.45, 7) is 23.4. The average molecular weight is 469 g/mol. The number of esters is 4. The first-order valence-corrected chi connectivity index (χ1v) is 9.98. The molecule has 33 heavy (non-hydrogen) atoms. The standard InChI is InChI=1S/C13H20O4.C11H16O5/c1-9(2)11(14)16-7-13(5,6)8-17-12(15)10(3)4;1-7(2)10(13)15-5-9(12)6-16-11(14)8(3)4/h1,3,7-8H2,2,4-6H3;9,12H,1,3,5-6H2,2,4H3. The maximum Gasteiger partial charge on any atom is 0.333 e. The van der Waals surface area contributed by atoms with Gasteiger partial charge in [0.1, 0.15) is 19.3 Å². The van der Waals surface area contributed by atoms with Gasteiger partial charge in [-0.1, -0.05) is 40.2 Å². The number of aliphatic hydroxyl groups is 1. The molecule has 0 atom stereocenters. The number of carbonyl (C=O) groups excluding carboxylic acids is 4. The van der Waals surface area contributed by atoms with E-state index in [0.717, 1.165) is 0 Å². The number of hydrogen-bond acceptors (Lipinski definition) is 9. The van der Waals surface area contributed by atoms with Crippen LogP contribution in [-0.2, 0) is 38.1 Å². The molecule has 0 radical (unpaired) electrons. The molecule has 0 saturated carbocycles. The highest BCUT2D eigenvalue weighted by Crippen LogP contribution is 2.17. The summed E-state index contributed by atoms with van der Waals surface area (Å²) < 4.78 is 19.3. The minimum absolute atomic E-state index is 0.169. The molecule has 0 aliphatic carbocycles. The van der Waals surface area contributed by atoms with Gasteiger partial charge in [-0.05, 0) is 27.7 Å². The Morgan fingerprint density at radius 2 is 0.879 bits per heavy atom. The van der Waals surface area contributed by atoms with E-state index in [9.17, 15) is 24.3 Å². The molecular weight excluding hydrogens is 432 g/mol. The van der Waals surface area contributed by atoms with Crippen LogP contribution in [0.4, 0.5) is 0 Å². The van der Waals surface area contributed by atoms with Crippen molar-refractivity contribution in [2.24, 2.45) is 5.41 Å². The molecule has 0 bridgehead atoms. The van der Waals surface area contributed by atoms with Gasteiger partial charge in [0.05, 0.1) is 13.2 Å². The van der Waals surface area contributed by atoms with Crippen LogP contribution in [-0.4, -0.2) is 61.5 Å². The topological polar surface area (TPSA) is 125 Å². The van der Waals surface area contributed by atoms with E-state index in [0.29, 0.717) is 11.1 Å². The smallest absolute Gasteiger partial charge is 0.333 e. The summed E-state index contributed by atoms with van der Waals surface area (Å²) in [7, 11) is 0. The zero-order chi connectivity index (χ0) is 26.4. The minimum Gasteiger partial charge on any atom is -0.462 e. The van der Waals surface area contributed by atoms with E-state index in [1.165, 1.54) is 13.8 Å². The lowest BCUT2D eigenvalue weighted by Gasteiger charge is -2.23. The van der Waals surface area contributed by atoms with Crippen LogP contribution in [0.25, 0.3) is 0 Å². The van der Waals surface area contributed by atoms with Crippen molar-refractivity contribution >= 4 is 23.9 Å². The highest BCUT2D eigenvalue weighted by Gasteiger charge is 2.23. The van der Waals surface area contributed by atoms with Gasteiger partial charge in [0, 0.05) is 27.7 Å². The summed E-state index contributed by atoms with van der Waals surface area (Å²) in [5, 5.41) is 9.30. The number of carbonyl (C=O) groups is 4. The average Bonchev–Trinajstić information content (AvgIpc) is 2.72. The fourth-order valence-corrected chi connectivity index (χ4v) is 1.45. The van der Waals surface area contributed by atoms with Crippen LogP contribution >= 0.6 is 0 Å². The van der Waals surface area contributed by atoms with E-state index in [2.05, 4.69) is 35.8 Å². The van der Waals surface area contributed by atoms with Gasteiger partial charge in [0.25, 0.3) is 0 Å². The maximum absolute atomic E-state index is 11.2. The first kappa shape index (κ1) is 32.0. The highest BCUT2D eigenvalue weighted by atomic mass is 16.6. The second kappa shape index (κ2) is 15.6. The predicted octanol–water partition coefficient (Wildman–Crippen LogP) is 2.84. The predicted molar refractivity (Wildman–Crippen MR) is 123 cm³/mol. The molecule has 9 heteroatoms. The second-order valence-electron chi connectivity index (χ2n) is 8.29. The third-order valence-corrected chi connectivity index (χ3v) is 3.40. The Morgan fingerprint density at radius 1 is 0.636 bits per heavy atom. The zero-order valence-electron chi connectivity index (χ0n) is 20.4. The van der Waals surface area contributed by atoms with Crippen LogP contribution in [0.1, 0.15) is 41.5 Å². The Labute approximate surface area is 195 Å². The summed E-state index contributed by atoms with van der Waals surface area (Å²) in [5.41, 5.74) is 0.743. The first-order chi connectivity index (χ1) is 15.0. The van der Waals surface area contributed by atoms with Gasteiger partial charge in [0.15, 0.2) is 0 Å². The summed E-state index contributed by atoms with van der Waals surface area (Å²) >= 11 is 0. The Bertz CT molecular complexity index is 713. The summed E-state index contributed by atoms with van der Waals surface area (Å²) in [6.07, 6.45) is -1.05. The highest BCUT2D eigenvalue weighted by molar-refractivity contribution is 5.88. The monoisotopic (exact) mass is 468 g/mol. The van der Waals surface area contributed by atoms with Crippen LogP contribution in [0.2, 0.25) is 0 Å². The second-order valence-corrected chi connectivity index (χ2v) is 8.29. The van der Waals surface area contributed by atoms with Gasteiger partial charge in [-0.3, -0.25) is 0 Å². The molecular formula is C24H36O9. The van der Waals surface area contributed by atoms with E-state index in [-0.39, 0.29) is 37.6 Å². The Hall–Kier alpha value is -3.20.